The number of fused-ring (bicyclic) bond motifs is 1. The number of rotatable bonds is 9. The van der Waals surface area contributed by atoms with Gasteiger partial charge < -0.3 is 14.2 Å². The molecule has 11 nitrogen and oxygen atoms in total. The molecule has 0 amide bonds. The average Bonchev–Trinajstić information content (AvgIpc) is 2.93. The molecule has 3 aromatic rings. The van der Waals surface area contributed by atoms with E-state index < -0.39 is 22.7 Å². The van der Waals surface area contributed by atoms with Gasteiger partial charge in [0.05, 0.1) is 35.8 Å². The summed E-state index contributed by atoms with van der Waals surface area (Å²) in [5, 5.41) is 16.8. The van der Waals surface area contributed by atoms with Crippen molar-refractivity contribution in [1.29, 1.82) is 0 Å². The predicted molar refractivity (Wildman–Crippen MR) is 149 cm³/mol. The molecule has 1 heterocycles. The van der Waals surface area contributed by atoms with Crippen molar-refractivity contribution in [3.63, 3.8) is 0 Å². The van der Waals surface area contributed by atoms with Gasteiger partial charge in [0.15, 0.2) is 11.9 Å². The lowest BCUT2D eigenvalue weighted by atomic mass is 9.88. The van der Waals surface area contributed by atoms with Crippen LogP contribution in [0.5, 0.6) is 11.5 Å². The summed E-state index contributed by atoms with van der Waals surface area (Å²) in [7, 11) is 1.20. The van der Waals surface area contributed by atoms with Gasteiger partial charge in [-0.25, -0.2) is 9.78 Å². The number of nitro benzene ring substituents is 1. The molecule has 0 N–H and O–H groups in total. The molecule has 0 radical (unpaired) electrons. The van der Waals surface area contributed by atoms with Crippen molar-refractivity contribution in [2.24, 2.45) is 5.10 Å². The van der Waals surface area contributed by atoms with Crippen LogP contribution in [0.15, 0.2) is 44.7 Å². The van der Waals surface area contributed by atoms with E-state index in [0.29, 0.717) is 22.3 Å². The lowest BCUT2D eigenvalue weighted by Crippen LogP contribution is -2.25. The zero-order valence-electron chi connectivity index (χ0n) is 21.9. The Morgan fingerprint density at radius 2 is 2.03 bits per heavy atom. The highest BCUT2D eigenvalue weighted by atomic mass is 79.9. The molecule has 0 unspecified atom stereocenters. The number of aromatic nitrogens is 2. The summed E-state index contributed by atoms with van der Waals surface area (Å²) in [6, 6.07) is 8.10. The molecular formula is C27H29BrN4O7. The van der Waals surface area contributed by atoms with Gasteiger partial charge in [-0.2, -0.15) is 9.78 Å². The third kappa shape index (κ3) is 6.27. The molecule has 4 rings (SSSR count). The Morgan fingerprint density at radius 3 is 2.69 bits per heavy atom. The number of carbonyl (C=O) groups excluding carboxylic acids is 1. The first-order chi connectivity index (χ1) is 18.7. The van der Waals surface area contributed by atoms with Gasteiger partial charge in [-0.1, -0.05) is 35.2 Å². The number of nitrogens with zero attached hydrogens (tertiary/aromatic N) is 4. The quantitative estimate of drug-likeness (QED) is 0.139. The van der Waals surface area contributed by atoms with E-state index >= 15 is 0 Å². The zero-order chi connectivity index (χ0) is 28.1. The molecule has 0 spiro atoms. The van der Waals surface area contributed by atoms with Crippen LogP contribution < -0.4 is 15.0 Å². The number of hydrogen-bond acceptors (Lipinski definition) is 9. The summed E-state index contributed by atoms with van der Waals surface area (Å²) >= 11 is 3.41. The number of hydrogen-bond donors (Lipinski definition) is 0. The molecule has 2 aromatic carbocycles. The first-order valence-corrected chi connectivity index (χ1v) is 13.5. The molecule has 1 aliphatic carbocycles. The van der Waals surface area contributed by atoms with Crippen LogP contribution in [-0.2, 0) is 9.53 Å². The van der Waals surface area contributed by atoms with Gasteiger partial charge in [0.25, 0.3) is 5.56 Å². The summed E-state index contributed by atoms with van der Waals surface area (Å²) in [5.74, 6) is -0.196. The molecule has 12 heteroatoms. The molecule has 1 fully saturated rings. The number of nitro groups is 1. The van der Waals surface area contributed by atoms with Crippen LogP contribution in [0.4, 0.5) is 5.69 Å². The maximum atomic E-state index is 13.6. The van der Waals surface area contributed by atoms with Crippen LogP contribution in [0.1, 0.15) is 63.3 Å². The average molecular weight is 601 g/mol. The molecule has 206 valence electrons. The Labute approximate surface area is 233 Å². The summed E-state index contributed by atoms with van der Waals surface area (Å²) in [6.45, 7) is 3.33. The van der Waals surface area contributed by atoms with E-state index in [2.05, 4.69) is 25.8 Å². The van der Waals surface area contributed by atoms with Gasteiger partial charge in [-0.3, -0.25) is 14.9 Å². The highest BCUT2D eigenvalue weighted by Crippen LogP contribution is 2.39. The molecule has 39 heavy (non-hydrogen) atoms. The minimum Gasteiger partial charge on any atom is -0.490 e. The molecule has 0 saturated heterocycles. The van der Waals surface area contributed by atoms with Crippen LogP contribution in [0.25, 0.3) is 10.9 Å². The van der Waals surface area contributed by atoms with Crippen molar-refractivity contribution in [2.45, 2.75) is 58.0 Å². The third-order valence-corrected chi connectivity index (χ3v) is 7.00. The van der Waals surface area contributed by atoms with Crippen LogP contribution in [0.2, 0.25) is 0 Å². The van der Waals surface area contributed by atoms with Gasteiger partial charge >= 0.3 is 11.7 Å². The van der Waals surface area contributed by atoms with Gasteiger partial charge in [0.1, 0.15) is 5.82 Å². The first-order valence-electron chi connectivity index (χ1n) is 12.7. The van der Waals surface area contributed by atoms with Crippen LogP contribution in [0.3, 0.4) is 0 Å². The minimum absolute atomic E-state index is 0.0596. The zero-order valence-corrected chi connectivity index (χ0v) is 23.5. The van der Waals surface area contributed by atoms with Gasteiger partial charge in [-0.05, 0) is 51.0 Å². The Kier molecular flexibility index (Phi) is 8.95. The summed E-state index contributed by atoms with van der Waals surface area (Å²) < 4.78 is 17.9. The van der Waals surface area contributed by atoms with Crippen LogP contribution in [0, 0.1) is 10.1 Å². The largest absolute Gasteiger partial charge is 0.490 e. The standard InChI is InChI=1S/C27H29BrN4O7/c1-4-38-23-13-17(12-22(32(35)36)24(23)39-16(2)27(34)37-3)15-29-31-25(18-8-6-5-7-9-18)30-21-11-10-19(28)14-20(21)26(31)33/h10-16,18H,4-9H2,1-3H3/t16-/m0/s1. The van der Waals surface area contributed by atoms with Gasteiger partial charge in [0, 0.05) is 22.0 Å². The summed E-state index contributed by atoms with van der Waals surface area (Å²) in [6.07, 6.45) is 5.27. The second-order valence-electron chi connectivity index (χ2n) is 9.17. The highest BCUT2D eigenvalue weighted by molar-refractivity contribution is 9.10. The van der Waals surface area contributed by atoms with E-state index in [1.807, 2.05) is 6.07 Å². The van der Waals surface area contributed by atoms with Crippen molar-refractivity contribution >= 4 is 44.7 Å². The first kappa shape index (κ1) is 28.2. The van der Waals surface area contributed by atoms with Crippen molar-refractivity contribution in [3.8, 4) is 11.5 Å². The van der Waals surface area contributed by atoms with E-state index in [0.717, 1.165) is 36.6 Å². The fourth-order valence-electron chi connectivity index (χ4n) is 4.62. The maximum Gasteiger partial charge on any atom is 0.346 e. The van der Waals surface area contributed by atoms with E-state index in [-0.39, 0.29) is 29.6 Å². The van der Waals surface area contributed by atoms with E-state index in [9.17, 15) is 19.7 Å². The fourth-order valence-corrected chi connectivity index (χ4v) is 4.98. The monoisotopic (exact) mass is 600 g/mol. The van der Waals surface area contributed by atoms with Crippen molar-refractivity contribution in [2.75, 3.05) is 13.7 Å². The Balaban J connectivity index is 1.83. The lowest BCUT2D eigenvalue weighted by Gasteiger charge is -2.22. The molecule has 1 saturated carbocycles. The van der Waals surface area contributed by atoms with Crippen molar-refractivity contribution in [1.82, 2.24) is 9.66 Å². The van der Waals surface area contributed by atoms with Crippen LogP contribution in [-0.4, -0.2) is 46.6 Å². The molecule has 1 atom stereocenters. The minimum atomic E-state index is -1.10. The number of ether oxygens (including phenoxy) is 3. The van der Waals surface area contributed by atoms with Crippen LogP contribution >= 0.6 is 15.9 Å². The van der Waals surface area contributed by atoms with Crippen molar-refractivity contribution < 1.29 is 23.9 Å². The SMILES string of the molecule is CCOc1cc(C=Nn2c(C3CCCCC3)nc3ccc(Br)cc3c2=O)cc([N+](=O)[O-])c1O[C@@H](C)C(=O)OC. The smallest absolute Gasteiger partial charge is 0.346 e. The van der Waals surface area contributed by atoms with Gasteiger partial charge in [0.2, 0.25) is 5.75 Å². The lowest BCUT2D eigenvalue weighted by molar-refractivity contribution is -0.386. The summed E-state index contributed by atoms with van der Waals surface area (Å²) in [5.41, 5.74) is 0.146. The molecule has 1 aliphatic rings. The number of benzene rings is 2. The molecule has 0 bridgehead atoms. The second-order valence-corrected chi connectivity index (χ2v) is 10.1. The number of carbonyl (C=O) groups is 1. The fraction of sp³-hybridized carbons (Fsp3) is 0.407. The molecule has 1 aromatic heterocycles. The molecule has 0 aliphatic heterocycles. The maximum absolute atomic E-state index is 13.6. The van der Waals surface area contributed by atoms with E-state index in [1.54, 1.807) is 19.1 Å². The predicted octanol–water partition coefficient (Wildman–Crippen LogP) is 5.34. The topological polar surface area (TPSA) is 135 Å². The highest BCUT2D eigenvalue weighted by Gasteiger charge is 2.27. The van der Waals surface area contributed by atoms with E-state index in [4.69, 9.17) is 14.5 Å². The summed E-state index contributed by atoms with van der Waals surface area (Å²) in [4.78, 5) is 41.6. The normalized spacial score (nSPS) is 14.9. The molecular weight excluding hydrogens is 572 g/mol. The van der Waals surface area contributed by atoms with E-state index in [1.165, 1.54) is 37.1 Å². The number of methoxy groups -OCH3 is 1. The second kappa shape index (κ2) is 12.4. The number of esters is 1. The van der Waals surface area contributed by atoms with Crippen molar-refractivity contribution in [3.05, 3.63) is 66.7 Å². The Morgan fingerprint density at radius 1 is 1.28 bits per heavy atom. The number of halogens is 1. The van der Waals surface area contributed by atoms with Gasteiger partial charge in [-0.15, -0.1) is 0 Å². The Hall–Kier alpha value is -3.80. The third-order valence-electron chi connectivity index (χ3n) is 6.51. The Bertz CT molecular complexity index is 1480.